The lowest BCUT2D eigenvalue weighted by Crippen LogP contribution is -2.42. The molecule has 0 bridgehead atoms. The van der Waals surface area contributed by atoms with Gasteiger partial charge in [-0.1, -0.05) is 25.1 Å². The largest absolute Gasteiger partial charge is 0.494 e. The molecule has 0 aliphatic carbocycles. The smallest absolute Gasteiger partial charge is 0.332 e. The molecule has 0 radical (unpaired) electrons. The van der Waals surface area contributed by atoms with E-state index in [-0.39, 0.29) is 25.1 Å². The highest BCUT2D eigenvalue weighted by atomic mass is 32.2. The van der Waals surface area contributed by atoms with Gasteiger partial charge in [0.1, 0.15) is 17.1 Å². The summed E-state index contributed by atoms with van der Waals surface area (Å²) in [6.07, 6.45) is 3.83. The Morgan fingerprint density at radius 3 is 2.40 bits per heavy atom. The fourth-order valence-corrected chi connectivity index (χ4v) is 6.79. The van der Waals surface area contributed by atoms with Crippen LogP contribution in [0.15, 0.2) is 63.0 Å². The lowest BCUT2D eigenvalue weighted by molar-refractivity contribution is -0.143. The standard InChI is InChI=1S/C29H33N3O7S3/c1-5-15-39-21-13-11-19(12-14-21)26-22(16-30-42(4,36)37)25-27(34)31(18-24(33)38-6-2)29(35)32(28(25)41-26)17-20-9-7-8-10-23(20)40-3/h7-14,30H,5-6,15-18H2,1-4H3. The van der Waals surface area contributed by atoms with Crippen molar-refractivity contribution in [1.82, 2.24) is 13.9 Å². The minimum Gasteiger partial charge on any atom is -0.494 e. The summed E-state index contributed by atoms with van der Waals surface area (Å²) >= 11 is 2.76. The van der Waals surface area contributed by atoms with Crippen molar-refractivity contribution >= 4 is 49.3 Å². The van der Waals surface area contributed by atoms with Crippen LogP contribution in [-0.2, 0) is 39.2 Å². The molecule has 4 aromatic rings. The number of rotatable bonds is 13. The molecule has 2 heterocycles. The first kappa shape index (κ1) is 31.5. The third kappa shape index (κ3) is 7.14. The van der Waals surface area contributed by atoms with Crippen molar-refractivity contribution in [2.24, 2.45) is 0 Å². The zero-order valence-corrected chi connectivity index (χ0v) is 26.3. The third-order valence-electron chi connectivity index (χ3n) is 6.37. The number of hydrogen-bond acceptors (Lipinski definition) is 9. The topological polar surface area (TPSA) is 126 Å². The van der Waals surface area contributed by atoms with E-state index in [1.165, 1.54) is 27.7 Å². The Kier molecular flexibility index (Phi) is 10.3. The van der Waals surface area contributed by atoms with Gasteiger partial charge in [0, 0.05) is 21.9 Å². The number of carbonyl (C=O) groups is 1. The minimum absolute atomic E-state index is 0.0925. The van der Waals surface area contributed by atoms with Crippen LogP contribution in [-0.4, -0.2) is 49.2 Å². The lowest BCUT2D eigenvalue weighted by Gasteiger charge is -2.14. The molecule has 0 spiro atoms. The van der Waals surface area contributed by atoms with Gasteiger partial charge in [-0.05, 0) is 61.1 Å². The summed E-state index contributed by atoms with van der Waals surface area (Å²) in [7, 11) is -3.63. The Morgan fingerprint density at radius 1 is 1.05 bits per heavy atom. The zero-order valence-electron chi connectivity index (χ0n) is 23.8. The monoisotopic (exact) mass is 631 g/mol. The van der Waals surface area contributed by atoms with Crippen molar-refractivity contribution < 1.29 is 22.7 Å². The number of nitrogens with one attached hydrogen (secondary N) is 1. The normalized spacial score (nSPS) is 11.6. The van der Waals surface area contributed by atoms with Gasteiger partial charge >= 0.3 is 11.7 Å². The van der Waals surface area contributed by atoms with Crippen LogP contribution in [0, 0.1) is 0 Å². The average Bonchev–Trinajstić information content (AvgIpc) is 3.35. The second kappa shape index (κ2) is 13.7. The van der Waals surface area contributed by atoms with Crippen molar-refractivity contribution in [2.45, 2.75) is 44.8 Å². The van der Waals surface area contributed by atoms with E-state index in [9.17, 15) is 22.8 Å². The molecule has 2 aromatic carbocycles. The van der Waals surface area contributed by atoms with Gasteiger partial charge in [0.05, 0.1) is 31.4 Å². The highest BCUT2D eigenvalue weighted by molar-refractivity contribution is 7.98. The number of esters is 1. The molecule has 0 unspecified atom stereocenters. The third-order valence-corrected chi connectivity index (χ3v) is 9.18. The number of thiophene rings is 1. The Labute approximate surface area is 252 Å². The molecule has 4 rings (SSSR count). The van der Waals surface area contributed by atoms with Crippen LogP contribution in [0.5, 0.6) is 5.75 Å². The quantitative estimate of drug-likeness (QED) is 0.173. The summed E-state index contributed by atoms with van der Waals surface area (Å²) in [6.45, 7) is 3.69. The van der Waals surface area contributed by atoms with Crippen molar-refractivity contribution in [3.63, 3.8) is 0 Å². The van der Waals surface area contributed by atoms with E-state index < -0.39 is 33.8 Å². The highest BCUT2D eigenvalue weighted by Gasteiger charge is 2.25. The van der Waals surface area contributed by atoms with Crippen molar-refractivity contribution in [1.29, 1.82) is 0 Å². The van der Waals surface area contributed by atoms with E-state index in [1.807, 2.05) is 61.7 Å². The van der Waals surface area contributed by atoms with E-state index in [0.717, 1.165) is 33.3 Å². The van der Waals surface area contributed by atoms with Crippen LogP contribution in [0.1, 0.15) is 31.4 Å². The number of nitrogens with zero attached hydrogens (tertiary/aromatic N) is 2. The van der Waals surface area contributed by atoms with Gasteiger partial charge in [0.2, 0.25) is 10.0 Å². The summed E-state index contributed by atoms with van der Waals surface area (Å²) in [6, 6.07) is 14.9. The van der Waals surface area contributed by atoms with Gasteiger partial charge in [-0.25, -0.2) is 22.5 Å². The van der Waals surface area contributed by atoms with E-state index in [2.05, 4.69) is 4.72 Å². The van der Waals surface area contributed by atoms with Gasteiger partial charge in [0.15, 0.2) is 0 Å². The number of fused-ring (bicyclic) bond motifs is 1. The number of ether oxygens (including phenoxy) is 2. The van der Waals surface area contributed by atoms with Gasteiger partial charge in [-0.2, -0.15) is 0 Å². The summed E-state index contributed by atoms with van der Waals surface area (Å²) in [5.41, 5.74) is 0.656. The molecule has 42 heavy (non-hydrogen) atoms. The Morgan fingerprint density at radius 2 is 1.76 bits per heavy atom. The minimum atomic E-state index is -3.63. The van der Waals surface area contributed by atoms with Crippen LogP contribution in [0.25, 0.3) is 20.7 Å². The van der Waals surface area contributed by atoms with Gasteiger partial charge < -0.3 is 9.47 Å². The maximum atomic E-state index is 13.9. The molecule has 0 atom stereocenters. The van der Waals surface area contributed by atoms with E-state index in [4.69, 9.17) is 9.47 Å². The van der Waals surface area contributed by atoms with E-state index in [1.54, 1.807) is 6.92 Å². The summed E-state index contributed by atoms with van der Waals surface area (Å²) in [5.74, 6) is -0.0408. The summed E-state index contributed by atoms with van der Waals surface area (Å²) in [5, 5.41) is 0.169. The molecule has 2 aromatic heterocycles. The molecular formula is C29H33N3O7S3. The van der Waals surface area contributed by atoms with Crippen LogP contribution in [0.3, 0.4) is 0 Å². The van der Waals surface area contributed by atoms with Crippen LogP contribution < -0.4 is 20.7 Å². The summed E-state index contributed by atoms with van der Waals surface area (Å²) in [4.78, 5) is 42.2. The number of benzene rings is 2. The first-order chi connectivity index (χ1) is 20.1. The molecule has 13 heteroatoms. The van der Waals surface area contributed by atoms with E-state index in [0.29, 0.717) is 27.6 Å². The molecule has 1 N–H and O–H groups in total. The summed E-state index contributed by atoms with van der Waals surface area (Å²) < 4.78 is 39.9. The van der Waals surface area contributed by atoms with Crippen LogP contribution in [0.4, 0.5) is 0 Å². The second-order valence-corrected chi connectivity index (χ2v) is 13.1. The zero-order chi connectivity index (χ0) is 30.4. The number of carbonyl (C=O) groups excluding carboxylic acids is 1. The van der Waals surface area contributed by atoms with Crippen molar-refractivity contribution in [2.75, 3.05) is 25.7 Å². The molecule has 10 nitrogen and oxygen atoms in total. The number of thioether (sulfide) groups is 1. The fourth-order valence-electron chi connectivity index (χ4n) is 4.46. The number of hydrogen-bond donors (Lipinski definition) is 1. The predicted octanol–water partition coefficient (Wildman–Crippen LogP) is 4.06. The Balaban J connectivity index is 2.02. The van der Waals surface area contributed by atoms with Gasteiger partial charge in [-0.3, -0.25) is 14.2 Å². The second-order valence-electron chi connectivity index (χ2n) is 9.43. The van der Waals surface area contributed by atoms with Crippen molar-refractivity contribution in [3.8, 4) is 16.2 Å². The molecule has 0 aliphatic rings. The van der Waals surface area contributed by atoms with E-state index >= 15 is 0 Å². The molecule has 0 fully saturated rings. The van der Waals surface area contributed by atoms with Crippen LogP contribution in [0.2, 0.25) is 0 Å². The molecule has 224 valence electrons. The molecular weight excluding hydrogens is 599 g/mol. The highest BCUT2D eigenvalue weighted by Crippen LogP contribution is 2.38. The molecule has 0 saturated heterocycles. The average molecular weight is 632 g/mol. The Hall–Kier alpha value is -3.39. The Bertz CT molecular complexity index is 1810. The lowest BCUT2D eigenvalue weighted by atomic mass is 10.1. The van der Waals surface area contributed by atoms with Gasteiger partial charge in [0.25, 0.3) is 5.56 Å². The first-order valence-electron chi connectivity index (χ1n) is 13.3. The molecule has 0 aliphatic heterocycles. The maximum Gasteiger partial charge on any atom is 0.332 e. The SMILES string of the molecule is CCCOc1ccc(-c2sc3c(c2CNS(C)(=O)=O)c(=O)n(CC(=O)OCC)c(=O)n3Cc2ccccc2SC)cc1. The maximum absolute atomic E-state index is 13.9. The first-order valence-corrected chi connectivity index (χ1v) is 17.3. The van der Waals surface area contributed by atoms with Gasteiger partial charge in [-0.15, -0.1) is 23.1 Å². The molecule has 0 saturated carbocycles. The number of aromatic nitrogens is 2. The van der Waals surface area contributed by atoms with Crippen LogP contribution >= 0.6 is 23.1 Å². The van der Waals surface area contributed by atoms with Crippen molar-refractivity contribution in [3.05, 3.63) is 80.5 Å². The predicted molar refractivity (Wildman–Crippen MR) is 167 cm³/mol. The fraction of sp³-hybridized carbons (Fsp3) is 0.345. The number of sulfonamides is 1. The molecule has 0 amide bonds.